The second kappa shape index (κ2) is 13.1. The Balaban J connectivity index is 1.48. The summed E-state index contributed by atoms with van der Waals surface area (Å²) in [5.41, 5.74) is 4.80. The zero-order valence-corrected chi connectivity index (χ0v) is 25.9. The molecule has 2 amide bonds. The second-order valence-electron chi connectivity index (χ2n) is 10.0. The van der Waals surface area contributed by atoms with Crippen LogP contribution in [-0.4, -0.2) is 104 Å². The summed E-state index contributed by atoms with van der Waals surface area (Å²) in [6, 6.07) is -1.08. The van der Waals surface area contributed by atoms with Crippen molar-refractivity contribution in [3.05, 3.63) is 29.7 Å². The van der Waals surface area contributed by atoms with Crippen molar-refractivity contribution < 1.29 is 33.9 Å². The quantitative estimate of drug-likeness (QED) is 0.0698. The molecule has 230 valence electrons. The molecule has 3 atom stereocenters. The fraction of sp³-hybridized carbons (Fsp3) is 0.478. The number of thioether (sulfide) groups is 2. The number of tetrazole rings is 1. The minimum absolute atomic E-state index is 0.0459. The molecule has 17 nitrogen and oxygen atoms in total. The van der Waals surface area contributed by atoms with Crippen LogP contribution in [0.15, 0.2) is 34.2 Å². The molecule has 0 aliphatic carbocycles. The van der Waals surface area contributed by atoms with Gasteiger partial charge < -0.3 is 25.7 Å². The number of hydrogen-bond acceptors (Lipinski definition) is 16. The van der Waals surface area contributed by atoms with Gasteiger partial charge in [0, 0.05) is 23.0 Å². The van der Waals surface area contributed by atoms with Crippen LogP contribution in [0.1, 0.15) is 33.5 Å². The van der Waals surface area contributed by atoms with Crippen molar-refractivity contribution in [2.75, 3.05) is 17.2 Å². The maximum absolute atomic E-state index is 13.3. The number of ether oxygens (including phenoxy) is 1. The van der Waals surface area contributed by atoms with E-state index in [1.54, 1.807) is 26.8 Å². The lowest BCUT2D eigenvalue weighted by Crippen LogP contribution is -2.71. The number of aromatic nitrogens is 6. The molecule has 1 fully saturated rings. The zero-order valence-electron chi connectivity index (χ0n) is 23.4. The van der Waals surface area contributed by atoms with Gasteiger partial charge in [-0.3, -0.25) is 14.5 Å². The summed E-state index contributed by atoms with van der Waals surface area (Å²) in [5.74, 6) is -3.19. The molecule has 2 aromatic heterocycles. The van der Waals surface area contributed by atoms with Gasteiger partial charge in [0.2, 0.25) is 22.8 Å². The van der Waals surface area contributed by atoms with Gasteiger partial charge in [-0.15, -0.1) is 23.4 Å². The Hall–Kier alpha value is -4.04. The molecule has 2 aromatic rings. The molecule has 43 heavy (non-hydrogen) atoms. The fourth-order valence-corrected chi connectivity index (χ4v) is 6.57. The number of carboxylic acids is 1. The van der Waals surface area contributed by atoms with E-state index < -0.39 is 52.6 Å². The standard InChI is InChI=1S/C23H28N10O7S3/c1-6-7-32-22(27-30-31-32)42-9-11-8-41-18-13(17(35)33(18)14(11)19(36)37)25-16(34)12(15-26-21(24)43-29-15)28-40-10(2)20(38)39-23(3,4)5/h6,10,13,18H,1,7-9H2,2-5H3,(H,25,34)(H,36,37)(H2,24,26,29)/b28-12+. The van der Waals surface area contributed by atoms with E-state index in [1.165, 1.54) is 35.1 Å². The first-order valence-electron chi connectivity index (χ1n) is 12.6. The van der Waals surface area contributed by atoms with Crippen molar-refractivity contribution >= 4 is 69.7 Å². The molecular formula is C23H28N10O7S3. The summed E-state index contributed by atoms with van der Waals surface area (Å²) in [6.07, 6.45) is 0.438. The number of aliphatic carboxylic acids is 1. The van der Waals surface area contributed by atoms with E-state index in [-0.39, 0.29) is 28.2 Å². The Kier molecular flexibility index (Phi) is 9.70. The third-order valence-corrected chi connectivity index (χ3v) is 8.55. The number of carboxylic acid groups (broad SMARTS) is 1. The number of nitrogens with one attached hydrogen (secondary N) is 1. The largest absolute Gasteiger partial charge is 0.477 e. The SMILES string of the molecule is C=CCn1nnnc1SCC1=C(C(=O)O)N2C(=O)C(NC(=O)/C(=N/OC(C)C(=O)OC(C)(C)C)c3nsc(N)n3)C2SC1. The molecule has 0 radical (unpaired) electrons. The number of anilines is 1. The third-order valence-electron chi connectivity index (χ3n) is 5.62. The average Bonchev–Trinajstić information content (AvgIpc) is 3.57. The molecule has 3 unspecified atom stereocenters. The predicted molar refractivity (Wildman–Crippen MR) is 156 cm³/mol. The van der Waals surface area contributed by atoms with Gasteiger partial charge in [-0.2, -0.15) is 9.36 Å². The number of esters is 1. The van der Waals surface area contributed by atoms with Crippen LogP contribution in [0.25, 0.3) is 0 Å². The summed E-state index contributed by atoms with van der Waals surface area (Å²) in [7, 11) is 0. The summed E-state index contributed by atoms with van der Waals surface area (Å²) in [6.45, 7) is 10.5. The van der Waals surface area contributed by atoms with Crippen LogP contribution in [0.2, 0.25) is 0 Å². The van der Waals surface area contributed by atoms with Crippen molar-refractivity contribution in [3.63, 3.8) is 0 Å². The van der Waals surface area contributed by atoms with Crippen LogP contribution in [-0.2, 0) is 35.3 Å². The third kappa shape index (κ3) is 7.31. The highest BCUT2D eigenvalue weighted by Gasteiger charge is 2.54. The molecule has 4 heterocycles. The van der Waals surface area contributed by atoms with E-state index in [4.69, 9.17) is 15.3 Å². The van der Waals surface area contributed by atoms with Crippen molar-refractivity contribution in [2.45, 2.75) is 62.5 Å². The summed E-state index contributed by atoms with van der Waals surface area (Å²) in [4.78, 5) is 61.3. The number of nitrogens with zero attached hydrogens (tertiary/aromatic N) is 8. The van der Waals surface area contributed by atoms with E-state index in [9.17, 15) is 24.3 Å². The smallest absolute Gasteiger partial charge is 0.352 e. The molecule has 20 heteroatoms. The zero-order chi connectivity index (χ0) is 31.5. The number of fused-ring (bicyclic) bond motifs is 1. The lowest BCUT2D eigenvalue weighted by atomic mass is 10.0. The van der Waals surface area contributed by atoms with Crippen LogP contribution in [0.3, 0.4) is 0 Å². The van der Waals surface area contributed by atoms with Gasteiger partial charge in [0.05, 0.1) is 6.54 Å². The lowest BCUT2D eigenvalue weighted by molar-refractivity contribution is -0.167. The molecule has 0 saturated carbocycles. The van der Waals surface area contributed by atoms with Crippen molar-refractivity contribution in [3.8, 4) is 0 Å². The van der Waals surface area contributed by atoms with Crippen LogP contribution in [0.4, 0.5) is 5.13 Å². The number of hydrogen-bond donors (Lipinski definition) is 3. The molecule has 1 saturated heterocycles. The molecular weight excluding hydrogens is 625 g/mol. The Morgan fingerprint density at radius 1 is 1.37 bits per heavy atom. The Labute approximate surface area is 257 Å². The first kappa shape index (κ1) is 31.9. The number of nitrogen functional groups attached to an aromatic ring is 1. The monoisotopic (exact) mass is 652 g/mol. The van der Waals surface area contributed by atoms with Crippen LogP contribution in [0.5, 0.6) is 0 Å². The Morgan fingerprint density at radius 2 is 2.12 bits per heavy atom. The van der Waals surface area contributed by atoms with Crippen LogP contribution >= 0.6 is 35.1 Å². The summed E-state index contributed by atoms with van der Waals surface area (Å²) in [5, 5.41) is 27.6. The highest BCUT2D eigenvalue weighted by molar-refractivity contribution is 8.01. The first-order chi connectivity index (χ1) is 20.3. The van der Waals surface area contributed by atoms with Gasteiger partial charge in [0.1, 0.15) is 22.7 Å². The number of nitrogens with two attached hydrogens (primary N) is 1. The van der Waals surface area contributed by atoms with E-state index in [0.29, 0.717) is 17.3 Å². The van der Waals surface area contributed by atoms with E-state index in [0.717, 1.165) is 16.4 Å². The topological polar surface area (TPSA) is 230 Å². The molecule has 4 rings (SSSR count). The van der Waals surface area contributed by atoms with Gasteiger partial charge in [0.25, 0.3) is 11.8 Å². The highest BCUT2D eigenvalue weighted by Crippen LogP contribution is 2.41. The Bertz CT molecular complexity index is 1500. The molecule has 0 aromatic carbocycles. The number of allylic oxidation sites excluding steroid dienone is 1. The minimum atomic E-state index is -1.28. The Morgan fingerprint density at radius 3 is 2.74 bits per heavy atom. The first-order valence-corrected chi connectivity index (χ1v) is 15.4. The highest BCUT2D eigenvalue weighted by atomic mass is 32.2. The van der Waals surface area contributed by atoms with Crippen LogP contribution in [0, 0.1) is 0 Å². The van der Waals surface area contributed by atoms with Crippen molar-refractivity contribution in [1.29, 1.82) is 0 Å². The molecule has 4 N–H and O–H groups in total. The normalized spacial score (nSPS) is 19.3. The number of carbonyl (C=O) groups excluding carboxylic acids is 3. The summed E-state index contributed by atoms with van der Waals surface area (Å²) >= 11 is 3.32. The van der Waals surface area contributed by atoms with Crippen LogP contribution < -0.4 is 11.1 Å². The number of carbonyl (C=O) groups is 4. The fourth-order valence-electron chi connectivity index (χ4n) is 3.77. The lowest BCUT2D eigenvalue weighted by Gasteiger charge is -2.49. The number of β-lactam (4-membered cyclic amide) rings is 1. The van der Waals surface area contributed by atoms with Crippen molar-refractivity contribution in [1.82, 2.24) is 39.8 Å². The second-order valence-corrected chi connectivity index (χ2v) is 12.8. The van der Waals surface area contributed by atoms with Gasteiger partial charge >= 0.3 is 11.9 Å². The predicted octanol–water partition coefficient (Wildman–Crippen LogP) is 0.275. The number of oxime groups is 1. The molecule has 2 aliphatic rings. The molecule has 0 spiro atoms. The maximum atomic E-state index is 13.3. The van der Waals surface area contributed by atoms with Gasteiger partial charge in [-0.05, 0) is 43.7 Å². The molecule has 2 aliphatic heterocycles. The van der Waals surface area contributed by atoms with E-state index >= 15 is 0 Å². The maximum Gasteiger partial charge on any atom is 0.352 e. The van der Waals surface area contributed by atoms with Gasteiger partial charge in [-0.25, -0.2) is 14.3 Å². The van der Waals surface area contributed by atoms with E-state index in [2.05, 4.69) is 41.9 Å². The summed E-state index contributed by atoms with van der Waals surface area (Å²) < 4.78 is 10.8. The number of amides is 2. The minimum Gasteiger partial charge on any atom is -0.477 e. The van der Waals surface area contributed by atoms with Crippen molar-refractivity contribution in [2.24, 2.45) is 5.16 Å². The average molecular weight is 653 g/mol. The number of rotatable bonds is 12. The van der Waals surface area contributed by atoms with Gasteiger partial charge in [-0.1, -0.05) is 23.0 Å². The molecule has 0 bridgehead atoms. The van der Waals surface area contributed by atoms with Gasteiger partial charge in [0.15, 0.2) is 5.13 Å². The van der Waals surface area contributed by atoms with E-state index in [1.807, 2.05) is 0 Å².